The second-order valence-corrected chi connectivity index (χ2v) is 6.02. The van der Waals surface area contributed by atoms with Gasteiger partial charge in [-0.25, -0.2) is 0 Å². The number of rotatable bonds is 8. The van der Waals surface area contributed by atoms with E-state index in [4.69, 9.17) is 0 Å². The quantitative estimate of drug-likeness (QED) is 0.647. The van der Waals surface area contributed by atoms with Crippen LogP contribution in [0, 0.1) is 0 Å². The fourth-order valence-electron chi connectivity index (χ4n) is 2.76. The van der Waals surface area contributed by atoms with Crippen molar-refractivity contribution in [3.05, 3.63) is 89.3 Å². The summed E-state index contributed by atoms with van der Waals surface area (Å²) in [5.74, 6) is 0. The lowest BCUT2D eigenvalue weighted by atomic mass is 10.2. The van der Waals surface area contributed by atoms with Crippen LogP contribution in [0.5, 0.6) is 0 Å². The molecule has 0 fully saturated rings. The topological polar surface area (TPSA) is 82.4 Å². The first kappa shape index (κ1) is 18.1. The van der Waals surface area contributed by atoms with E-state index in [0.717, 1.165) is 17.1 Å². The molecule has 3 rings (SSSR count). The molecule has 0 aliphatic heterocycles. The summed E-state index contributed by atoms with van der Waals surface area (Å²) in [5, 5.41) is 18.6. The van der Waals surface area contributed by atoms with E-state index in [1.165, 1.54) is 0 Å². The molecule has 0 aliphatic rings. The Bertz CT molecular complexity index is 777. The third-order valence-electron chi connectivity index (χ3n) is 3.94. The minimum Gasteiger partial charge on any atom is -0.390 e. The maximum absolute atomic E-state index is 9.30. The van der Waals surface area contributed by atoms with Gasteiger partial charge in [-0.05, 0) is 36.4 Å². The number of nitrogens with zero attached hydrogens (tertiary/aromatic N) is 4. The Labute approximate surface area is 152 Å². The lowest BCUT2D eigenvalue weighted by Crippen LogP contribution is -2.24. The number of hydrogen-bond donors (Lipinski definition) is 2. The van der Waals surface area contributed by atoms with E-state index in [0.29, 0.717) is 31.0 Å². The molecular weight excluding hydrogens is 328 g/mol. The van der Waals surface area contributed by atoms with Crippen LogP contribution in [0.15, 0.2) is 60.8 Å². The van der Waals surface area contributed by atoms with E-state index < -0.39 is 0 Å². The fraction of sp³-hybridized carbons (Fsp3) is 0.250. The van der Waals surface area contributed by atoms with Gasteiger partial charge in [0.1, 0.15) is 0 Å². The smallest absolute Gasteiger partial charge is 0.0853 e. The van der Waals surface area contributed by atoms with Gasteiger partial charge in [-0.2, -0.15) is 0 Å². The lowest BCUT2D eigenvalue weighted by Gasteiger charge is -2.21. The van der Waals surface area contributed by atoms with Gasteiger partial charge in [0.15, 0.2) is 0 Å². The molecule has 0 saturated carbocycles. The first-order valence-corrected chi connectivity index (χ1v) is 8.50. The Morgan fingerprint density at radius 1 is 0.615 bits per heavy atom. The van der Waals surface area contributed by atoms with Crippen molar-refractivity contribution in [3.63, 3.8) is 0 Å². The van der Waals surface area contributed by atoms with Crippen LogP contribution in [0.25, 0.3) is 0 Å². The SMILES string of the molecule is OCc1cccc(CN(Cc2ccccn2)Cc2cccc(CO)n2)n1. The summed E-state index contributed by atoms with van der Waals surface area (Å²) in [7, 11) is 0. The van der Waals surface area contributed by atoms with Crippen molar-refractivity contribution in [2.24, 2.45) is 0 Å². The van der Waals surface area contributed by atoms with Crippen LogP contribution in [0.4, 0.5) is 0 Å². The van der Waals surface area contributed by atoms with E-state index in [1.54, 1.807) is 18.3 Å². The van der Waals surface area contributed by atoms with Crippen LogP contribution in [-0.4, -0.2) is 30.1 Å². The predicted molar refractivity (Wildman–Crippen MR) is 97.5 cm³/mol. The van der Waals surface area contributed by atoms with Crippen molar-refractivity contribution in [3.8, 4) is 0 Å². The Balaban J connectivity index is 1.80. The van der Waals surface area contributed by atoms with Crippen molar-refractivity contribution in [1.29, 1.82) is 0 Å². The monoisotopic (exact) mass is 350 g/mol. The van der Waals surface area contributed by atoms with Crippen LogP contribution in [0.2, 0.25) is 0 Å². The third-order valence-corrected chi connectivity index (χ3v) is 3.94. The molecule has 0 atom stereocenters. The number of hydrogen-bond acceptors (Lipinski definition) is 6. The van der Waals surface area contributed by atoms with Crippen LogP contribution in [0.1, 0.15) is 28.5 Å². The molecule has 0 aromatic carbocycles. The van der Waals surface area contributed by atoms with Crippen molar-refractivity contribution in [2.45, 2.75) is 32.8 Å². The van der Waals surface area contributed by atoms with Gasteiger partial charge in [-0.15, -0.1) is 0 Å². The highest BCUT2D eigenvalue weighted by Crippen LogP contribution is 2.12. The minimum atomic E-state index is -0.0752. The predicted octanol–water partition coefficient (Wildman–Crippen LogP) is 2.06. The normalized spacial score (nSPS) is 11.0. The molecule has 6 heteroatoms. The summed E-state index contributed by atoms with van der Waals surface area (Å²) in [4.78, 5) is 15.5. The van der Waals surface area contributed by atoms with Crippen molar-refractivity contribution >= 4 is 0 Å². The Hall–Kier alpha value is -2.67. The molecule has 0 bridgehead atoms. The van der Waals surface area contributed by atoms with E-state index in [1.807, 2.05) is 42.5 Å². The summed E-state index contributed by atoms with van der Waals surface area (Å²) in [6.07, 6.45) is 1.78. The summed E-state index contributed by atoms with van der Waals surface area (Å²) >= 11 is 0. The molecule has 2 N–H and O–H groups in total. The second-order valence-electron chi connectivity index (χ2n) is 6.02. The van der Waals surface area contributed by atoms with Crippen LogP contribution in [0.3, 0.4) is 0 Å². The average molecular weight is 350 g/mol. The Morgan fingerprint density at radius 2 is 1.12 bits per heavy atom. The first-order valence-electron chi connectivity index (χ1n) is 8.50. The van der Waals surface area contributed by atoms with Crippen molar-refractivity contribution in [1.82, 2.24) is 19.9 Å². The molecule has 134 valence electrons. The zero-order valence-electron chi connectivity index (χ0n) is 14.5. The van der Waals surface area contributed by atoms with Gasteiger partial charge in [-0.3, -0.25) is 19.9 Å². The molecule has 0 amide bonds. The zero-order valence-corrected chi connectivity index (χ0v) is 14.5. The average Bonchev–Trinajstić information content (AvgIpc) is 2.69. The highest BCUT2D eigenvalue weighted by atomic mass is 16.3. The van der Waals surface area contributed by atoms with Gasteiger partial charge in [0.2, 0.25) is 0 Å². The molecule has 3 aromatic heterocycles. The summed E-state index contributed by atoms with van der Waals surface area (Å²) < 4.78 is 0. The number of aliphatic hydroxyl groups is 2. The van der Waals surface area contributed by atoms with Crippen LogP contribution >= 0.6 is 0 Å². The largest absolute Gasteiger partial charge is 0.390 e. The van der Waals surface area contributed by atoms with Gasteiger partial charge in [0, 0.05) is 25.8 Å². The molecule has 0 saturated heterocycles. The van der Waals surface area contributed by atoms with Crippen LogP contribution in [-0.2, 0) is 32.8 Å². The summed E-state index contributed by atoms with van der Waals surface area (Å²) in [6.45, 7) is 1.71. The van der Waals surface area contributed by atoms with Gasteiger partial charge >= 0.3 is 0 Å². The molecule has 6 nitrogen and oxygen atoms in total. The lowest BCUT2D eigenvalue weighted by molar-refractivity contribution is 0.235. The number of aliphatic hydroxyl groups excluding tert-OH is 2. The number of aromatic nitrogens is 3. The maximum Gasteiger partial charge on any atom is 0.0853 e. The molecule has 3 heterocycles. The highest BCUT2D eigenvalue weighted by molar-refractivity contribution is 5.13. The summed E-state index contributed by atoms with van der Waals surface area (Å²) in [5.41, 5.74) is 4.03. The van der Waals surface area contributed by atoms with Crippen molar-refractivity contribution < 1.29 is 10.2 Å². The molecule has 3 aromatic rings. The Kier molecular flexibility index (Phi) is 6.38. The van der Waals surface area contributed by atoms with E-state index in [9.17, 15) is 10.2 Å². The molecular formula is C20H22N4O2. The molecule has 0 radical (unpaired) electrons. The fourth-order valence-corrected chi connectivity index (χ4v) is 2.76. The van der Waals surface area contributed by atoms with E-state index in [-0.39, 0.29) is 13.2 Å². The van der Waals surface area contributed by atoms with Crippen LogP contribution < -0.4 is 0 Å². The minimum absolute atomic E-state index is 0.0752. The summed E-state index contributed by atoms with van der Waals surface area (Å²) in [6, 6.07) is 17.2. The molecule has 0 unspecified atom stereocenters. The molecule has 26 heavy (non-hydrogen) atoms. The maximum atomic E-state index is 9.30. The van der Waals surface area contributed by atoms with E-state index in [2.05, 4.69) is 19.9 Å². The highest BCUT2D eigenvalue weighted by Gasteiger charge is 2.11. The van der Waals surface area contributed by atoms with Gasteiger partial charge < -0.3 is 10.2 Å². The Morgan fingerprint density at radius 3 is 1.62 bits per heavy atom. The van der Waals surface area contributed by atoms with Gasteiger partial charge in [0.25, 0.3) is 0 Å². The van der Waals surface area contributed by atoms with Gasteiger partial charge in [-0.1, -0.05) is 18.2 Å². The van der Waals surface area contributed by atoms with Gasteiger partial charge in [0.05, 0.1) is 41.7 Å². The second kappa shape index (κ2) is 9.15. The van der Waals surface area contributed by atoms with Crippen molar-refractivity contribution in [2.75, 3.05) is 0 Å². The first-order chi connectivity index (χ1) is 12.8. The molecule has 0 aliphatic carbocycles. The third kappa shape index (κ3) is 5.16. The zero-order chi connectivity index (χ0) is 18.2. The number of pyridine rings is 3. The standard InChI is InChI=1S/C20H22N4O2/c25-14-19-8-3-6-17(22-19)12-24(11-16-5-1-2-10-21-16)13-18-7-4-9-20(15-26)23-18/h1-10,25-26H,11-15H2. The van der Waals surface area contributed by atoms with E-state index >= 15 is 0 Å². The molecule has 0 spiro atoms.